The molecule has 3 nitrogen and oxygen atoms in total. The van der Waals surface area contributed by atoms with Crippen molar-refractivity contribution >= 4 is 64.9 Å². The van der Waals surface area contributed by atoms with Crippen molar-refractivity contribution < 1.29 is 0 Å². The van der Waals surface area contributed by atoms with Crippen molar-refractivity contribution in [1.82, 2.24) is 14.5 Å². The van der Waals surface area contributed by atoms with Gasteiger partial charge in [-0.25, -0.2) is 9.97 Å². The smallest absolute Gasteiger partial charge is 0.162 e. The Morgan fingerprint density at radius 2 is 0.906 bits per heavy atom. The minimum absolute atomic E-state index is 0.694. The average Bonchev–Trinajstić information content (AvgIpc) is 3.57. The molecule has 246 valence electrons. The number of rotatable bonds is 4. The van der Waals surface area contributed by atoms with Crippen molar-refractivity contribution in [3.8, 4) is 39.6 Å². The monoisotopic (exact) mass is 673 g/mol. The van der Waals surface area contributed by atoms with Crippen LogP contribution in [0.1, 0.15) is 0 Å². The van der Waals surface area contributed by atoms with Gasteiger partial charge in [0.2, 0.25) is 0 Å². The van der Waals surface area contributed by atoms with E-state index in [1.807, 2.05) is 18.2 Å². The molecule has 0 aliphatic heterocycles. The Balaban J connectivity index is 1.20. The molecule has 0 amide bonds. The fourth-order valence-corrected chi connectivity index (χ4v) is 8.42. The first kappa shape index (κ1) is 29.6. The van der Waals surface area contributed by atoms with Gasteiger partial charge in [-0.15, -0.1) is 0 Å². The predicted octanol–water partition coefficient (Wildman–Crippen LogP) is 13.2. The minimum Gasteiger partial charge on any atom is -0.294 e. The molecule has 9 aromatic carbocycles. The lowest BCUT2D eigenvalue weighted by Gasteiger charge is -2.18. The van der Waals surface area contributed by atoms with Crippen LogP contribution in [0.5, 0.6) is 0 Å². The summed E-state index contributed by atoms with van der Waals surface area (Å²) in [4.78, 5) is 10.6. The van der Waals surface area contributed by atoms with E-state index in [1.54, 1.807) is 0 Å². The lowest BCUT2D eigenvalue weighted by molar-refractivity contribution is 1.05. The Hall–Kier alpha value is -7.10. The summed E-state index contributed by atoms with van der Waals surface area (Å²) in [6.45, 7) is 0. The molecule has 11 rings (SSSR count). The maximum Gasteiger partial charge on any atom is 0.162 e. The van der Waals surface area contributed by atoms with Crippen LogP contribution in [0, 0.1) is 0 Å². The van der Waals surface area contributed by atoms with Gasteiger partial charge in [0.25, 0.3) is 0 Å². The Morgan fingerprint density at radius 1 is 0.340 bits per heavy atom. The summed E-state index contributed by atoms with van der Waals surface area (Å²) in [6.07, 6.45) is 0. The number of aromatic nitrogens is 3. The molecule has 0 aliphatic carbocycles. The topological polar surface area (TPSA) is 30.7 Å². The molecule has 0 radical (unpaired) electrons. The van der Waals surface area contributed by atoms with E-state index in [0.717, 1.165) is 39.1 Å². The molecule has 11 aromatic rings. The highest BCUT2D eigenvalue weighted by atomic mass is 15.1. The zero-order valence-corrected chi connectivity index (χ0v) is 28.7. The van der Waals surface area contributed by atoms with E-state index in [9.17, 15) is 0 Å². The van der Waals surface area contributed by atoms with E-state index in [1.165, 1.54) is 59.6 Å². The van der Waals surface area contributed by atoms with Crippen molar-refractivity contribution in [2.24, 2.45) is 0 Å². The molecule has 53 heavy (non-hydrogen) atoms. The zero-order chi connectivity index (χ0) is 34.9. The molecule has 2 heterocycles. The van der Waals surface area contributed by atoms with Gasteiger partial charge in [0, 0.05) is 28.0 Å². The van der Waals surface area contributed by atoms with Gasteiger partial charge in [0.15, 0.2) is 5.82 Å². The average molecular weight is 674 g/mol. The van der Waals surface area contributed by atoms with Crippen LogP contribution in [-0.4, -0.2) is 14.5 Å². The normalized spacial score (nSPS) is 11.8. The summed E-state index contributed by atoms with van der Waals surface area (Å²) < 4.78 is 2.28. The third-order valence-electron chi connectivity index (χ3n) is 10.8. The molecular weight excluding hydrogens is 643 g/mol. The number of benzene rings is 9. The SMILES string of the molecule is c1ccc(-c2nc(-c3ccc(-c4c5ccccc5cc5c4ccc4ccccc45)c4ccccc34)cc(-n3c4ccccc4c4ccccc43)n2)cc1. The molecule has 0 saturated heterocycles. The molecule has 2 aromatic heterocycles. The summed E-state index contributed by atoms with van der Waals surface area (Å²) >= 11 is 0. The molecule has 0 aliphatic rings. The summed E-state index contributed by atoms with van der Waals surface area (Å²) in [7, 11) is 0. The van der Waals surface area contributed by atoms with Crippen LogP contribution >= 0.6 is 0 Å². The van der Waals surface area contributed by atoms with E-state index >= 15 is 0 Å². The number of nitrogens with zero attached hydrogens (tertiary/aromatic N) is 3. The van der Waals surface area contributed by atoms with Crippen LogP contribution < -0.4 is 0 Å². The second-order valence-corrected chi connectivity index (χ2v) is 13.7. The first-order chi connectivity index (χ1) is 26.3. The van der Waals surface area contributed by atoms with Gasteiger partial charge in [-0.05, 0) is 72.4 Å². The summed E-state index contributed by atoms with van der Waals surface area (Å²) in [5.41, 5.74) is 7.63. The largest absolute Gasteiger partial charge is 0.294 e. The number of hydrogen-bond donors (Lipinski definition) is 0. The van der Waals surface area contributed by atoms with Gasteiger partial charge >= 0.3 is 0 Å². The quantitative estimate of drug-likeness (QED) is 0.137. The van der Waals surface area contributed by atoms with Crippen molar-refractivity contribution in [2.75, 3.05) is 0 Å². The highest BCUT2D eigenvalue weighted by Crippen LogP contribution is 2.44. The highest BCUT2D eigenvalue weighted by Gasteiger charge is 2.20. The van der Waals surface area contributed by atoms with Gasteiger partial charge in [-0.2, -0.15) is 0 Å². The number of para-hydroxylation sites is 2. The van der Waals surface area contributed by atoms with Crippen LogP contribution in [0.4, 0.5) is 0 Å². The van der Waals surface area contributed by atoms with Gasteiger partial charge in [0.1, 0.15) is 5.82 Å². The molecular formula is C50H31N3. The van der Waals surface area contributed by atoms with E-state index in [4.69, 9.17) is 9.97 Å². The zero-order valence-electron chi connectivity index (χ0n) is 28.7. The molecule has 0 fully saturated rings. The molecule has 0 bridgehead atoms. The standard InChI is InChI=1S/C50H31N3/c1-2-15-33(16-3-1)50-51-45(31-48(52-50)53-46-24-12-10-22-40(46)41-23-11-13-25-47(41)53)39-28-29-42(38-21-9-8-20-37(38)39)49-36-19-7-5-17-34(36)30-44-35-18-6-4-14-32(35)26-27-43(44)49/h1-31H. The Kier molecular flexibility index (Phi) is 6.55. The molecule has 3 heteroatoms. The Labute approximate surface area is 306 Å². The maximum absolute atomic E-state index is 5.31. The summed E-state index contributed by atoms with van der Waals surface area (Å²) in [5, 5.41) is 12.3. The first-order valence-electron chi connectivity index (χ1n) is 18.1. The Morgan fingerprint density at radius 3 is 1.64 bits per heavy atom. The van der Waals surface area contributed by atoms with E-state index < -0.39 is 0 Å². The third kappa shape index (κ3) is 4.61. The molecule has 0 N–H and O–H groups in total. The van der Waals surface area contributed by atoms with E-state index in [-0.39, 0.29) is 0 Å². The third-order valence-corrected chi connectivity index (χ3v) is 10.8. The highest BCUT2D eigenvalue weighted by molar-refractivity contribution is 6.23. The Bertz CT molecular complexity index is 3180. The van der Waals surface area contributed by atoms with E-state index in [2.05, 4.69) is 174 Å². The van der Waals surface area contributed by atoms with Crippen molar-refractivity contribution in [3.05, 3.63) is 188 Å². The lowest BCUT2D eigenvalue weighted by Crippen LogP contribution is -2.02. The van der Waals surface area contributed by atoms with Gasteiger partial charge in [-0.1, -0.05) is 164 Å². The van der Waals surface area contributed by atoms with Gasteiger partial charge in [0.05, 0.1) is 16.7 Å². The van der Waals surface area contributed by atoms with Gasteiger partial charge in [-0.3, -0.25) is 4.57 Å². The van der Waals surface area contributed by atoms with Crippen LogP contribution in [0.3, 0.4) is 0 Å². The van der Waals surface area contributed by atoms with Crippen LogP contribution in [0.25, 0.3) is 104 Å². The molecule has 0 saturated carbocycles. The second-order valence-electron chi connectivity index (χ2n) is 13.7. The molecule has 0 atom stereocenters. The van der Waals surface area contributed by atoms with Crippen molar-refractivity contribution in [3.63, 3.8) is 0 Å². The fourth-order valence-electron chi connectivity index (χ4n) is 8.42. The number of fused-ring (bicyclic) bond motifs is 8. The minimum atomic E-state index is 0.694. The van der Waals surface area contributed by atoms with E-state index in [0.29, 0.717) is 5.82 Å². The predicted molar refractivity (Wildman–Crippen MR) is 223 cm³/mol. The lowest BCUT2D eigenvalue weighted by atomic mass is 9.86. The number of hydrogen-bond acceptors (Lipinski definition) is 2. The fraction of sp³-hybridized carbons (Fsp3) is 0. The van der Waals surface area contributed by atoms with Crippen LogP contribution in [-0.2, 0) is 0 Å². The second kappa shape index (κ2) is 11.7. The molecule has 0 unspecified atom stereocenters. The first-order valence-corrected chi connectivity index (χ1v) is 18.1. The summed E-state index contributed by atoms with van der Waals surface area (Å²) in [6, 6.07) is 67.4. The summed E-state index contributed by atoms with van der Waals surface area (Å²) in [5.74, 6) is 1.53. The van der Waals surface area contributed by atoms with Crippen LogP contribution in [0.2, 0.25) is 0 Å². The molecule has 0 spiro atoms. The van der Waals surface area contributed by atoms with Gasteiger partial charge < -0.3 is 0 Å². The van der Waals surface area contributed by atoms with Crippen molar-refractivity contribution in [2.45, 2.75) is 0 Å². The van der Waals surface area contributed by atoms with Crippen molar-refractivity contribution in [1.29, 1.82) is 0 Å². The van der Waals surface area contributed by atoms with Crippen LogP contribution in [0.15, 0.2) is 188 Å². The maximum atomic E-state index is 5.31.